The summed E-state index contributed by atoms with van der Waals surface area (Å²) in [5.41, 5.74) is 0.954. The second kappa shape index (κ2) is 4.72. The van der Waals surface area contributed by atoms with Crippen molar-refractivity contribution >= 4 is 39.7 Å². The largest absolute Gasteiger partial charge is 0.298 e. The van der Waals surface area contributed by atoms with Crippen LogP contribution in [0.1, 0.15) is 43.8 Å². The Morgan fingerprint density at radius 3 is 2.82 bits per heavy atom. The third-order valence-electron chi connectivity index (χ3n) is 3.47. The topological polar surface area (TPSA) is 30.2 Å². The third-order valence-corrected chi connectivity index (χ3v) is 4.49. The van der Waals surface area contributed by atoms with E-state index in [4.69, 9.17) is 16.6 Å². The standard InChI is InChI=1S/C12H13ClIN3/c13-10-9-11(14)16-12(17(9)7-6-15-10)8-4-2-1-3-5-8/h6-8H,1-5H2. The minimum Gasteiger partial charge on any atom is -0.298 e. The first-order valence-electron chi connectivity index (χ1n) is 5.95. The molecule has 0 spiro atoms. The van der Waals surface area contributed by atoms with Crippen molar-refractivity contribution in [2.45, 2.75) is 38.0 Å². The molecule has 5 heteroatoms. The molecule has 2 heterocycles. The first-order chi connectivity index (χ1) is 8.27. The molecule has 0 unspecified atom stereocenters. The number of rotatable bonds is 1. The van der Waals surface area contributed by atoms with E-state index < -0.39 is 0 Å². The monoisotopic (exact) mass is 361 g/mol. The number of hydrogen-bond acceptors (Lipinski definition) is 2. The van der Waals surface area contributed by atoms with Crippen LogP contribution in [0.5, 0.6) is 0 Å². The van der Waals surface area contributed by atoms with Crippen LogP contribution >= 0.6 is 34.2 Å². The molecule has 2 aromatic heterocycles. The highest BCUT2D eigenvalue weighted by molar-refractivity contribution is 14.1. The molecule has 90 valence electrons. The third kappa shape index (κ3) is 2.05. The number of aromatic nitrogens is 3. The van der Waals surface area contributed by atoms with Gasteiger partial charge in [-0.1, -0.05) is 30.9 Å². The van der Waals surface area contributed by atoms with Crippen molar-refractivity contribution in [3.8, 4) is 0 Å². The van der Waals surface area contributed by atoms with Gasteiger partial charge in [-0.25, -0.2) is 9.97 Å². The van der Waals surface area contributed by atoms with Crippen molar-refractivity contribution in [3.63, 3.8) is 0 Å². The smallest absolute Gasteiger partial charge is 0.155 e. The van der Waals surface area contributed by atoms with Gasteiger partial charge < -0.3 is 0 Å². The summed E-state index contributed by atoms with van der Waals surface area (Å²) in [5.74, 6) is 1.74. The van der Waals surface area contributed by atoms with E-state index in [0.717, 1.165) is 15.0 Å². The van der Waals surface area contributed by atoms with Gasteiger partial charge >= 0.3 is 0 Å². The molecule has 1 aliphatic rings. The predicted molar refractivity (Wildman–Crippen MR) is 76.5 cm³/mol. The average molecular weight is 362 g/mol. The fourth-order valence-corrected chi connectivity index (χ4v) is 3.79. The molecule has 0 amide bonds. The maximum absolute atomic E-state index is 6.14. The minimum absolute atomic E-state index is 0.548. The average Bonchev–Trinajstić information content (AvgIpc) is 2.69. The maximum Gasteiger partial charge on any atom is 0.155 e. The van der Waals surface area contributed by atoms with E-state index in [1.165, 1.54) is 32.1 Å². The Kier molecular flexibility index (Phi) is 3.25. The summed E-state index contributed by atoms with van der Waals surface area (Å²) < 4.78 is 3.08. The second-order valence-corrected chi connectivity index (χ2v) is 5.91. The summed E-state index contributed by atoms with van der Waals surface area (Å²) in [5, 5.41) is 0.548. The van der Waals surface area contributed by atoms with E-state index in [9.17, 15) is 0 Å². The fraction of sp³-hybridized carbons (Fsp3) is 0.500. The van der Waals surface area contributed by atoms with Crippen molar-refractivity contribution in [1.82, 2.24) is 14.4 Å². The van der Waals surface area contributed by atoms with Gasteiger partial charge in [0.15, 0.2) is 5.15 Å². The normalized spacial score (nSPS) is 17.8. The van der Waals surface area contributed by atoms with Crippen LogP contribution in [-0.2, 0) is 0 Å². The molecule has 0 aliphatic heterocycles. The molecule has 3 rings (SSSR count). The van der Waals surface area contributed by atoms with Gasteiger partial charge in [-0.3, -0.25) is 4.40 Å². The molecular weight excluding hydrogens is 349 g/mol. The molecule has 1 saturated carbocycles. The van der Waals surface area contributed by atoms with Gasteiger partial charge in [-0.15, -0.1) is 0 Å². The van der Waals surface area contributed by atoms with E-state index in [1.54, 1.807) is 6.20 Å². The molecule has 0 atom stereocenters. The van der Waals surface area contributed by atoms with E-state index in [-0.39, 0.29) is 0 Å². The quantitative estimate of drug-likeness (QED) is 0.718. The van der Waals surface area contributed by atoms with Crippen LogP contribution in [0, 0.1) is 3.70 Å². The molecule has 0 saturated heterocycles. The van der Waals surface area contributed by atoms with E-state index in [2.05, 4.69) is 32.0 Å². The molecule has 0 bridgehead atoms. The summed E-state index contributed by atoms with van der Waals surface area (Å²) >= 11 is 8.38. The Hall–Kier alpha value is -0.360. The first-order valence-corrected chi connectivity index (χ1v) is 7.41. The second-order valence-electron chi connectivity index (χ2n) is 4.53. The Bertz CT molecular complexity index is 546. The number of halogens is 2. The first kappa shape index (κ1) is 11.7. The Balaban J connectivity index is 2.13. The van der Waals surface area contributed by atoms with Crippen molar-refractivity contribution in [3.05, 3.63) is 27.1 Å². The lowest BCUT2D eigenvalue weighted by atomic mass is 9.89. The molecule has 1 aliphatic carbocycles. The predicted octanol–water partition coefficient (Wildman–Crippen LogP) is 4.04. The number of hydrogen-bond donors (Lipinski definition) is 0. The van der Waals surface area contributed by atoms with Gasteiger partial charge in [0.2, 0.25) is 0 Å². The lowest BCUT2D eigenvalue weighted by Gasteiger charge is -2.20. The van der Waals surface area contributed by atoms with Crippen molar-refractivity contribution in [2.75, 3.05) is 0 Å². The molecule has 0 radical (unpaired) electrons. The van der Waals surface area contributed by atoms with Gasteiger partial charge in [-0.2, -0.15) is 0 Å². The summed E-state index contributed by atoms with van der Waals surface area (Å²) in [6.45, 7) is 0. The molecule has 2 aromatic rings. The zero-order chi connectivity index (χ0) is 11.8. The van der Waals surface area contributed by atoms with Crippen LogP contribution in [0.2, 0.25) is 5.15 Å². The highest BCUT2D eigenvalue weighted by Crippen LogP contribution is 2.34. The number of fused-ring (bicyclic) bond motifs is 1. The van der Waals surface area contributed by atoms with Gasteiger partial charge in [0, 0.05) is 18.3 Å². The van der Waals surface area contributed by atoms with Gasteiger partial charge in [0.05, 0.1) is 0 Å². The van der Waals surface area contributed by atoms with Crippen molar-refractivity contribution in [2.24, 2.45) is 0 Å². The van der Waals surface area contributed by atoms with E-state index in [0.29, 0.717) is 11.1 Å². The molecule has 0 N–H and O–H groups in total. The number of nitrogens with zero attached hydrogens (tertiary/aromatic N) is 3. The lowest BCUT2D eigenvalue weighted by molar-refractivity contribution is 0.427. The minimum atomic E-state index is 0.548. The summed E-state index contributed by atoms with van der Waals surface area (Å²) in [7, 11) is 0. The summed E-state index contributed by atoms with van der Waals surface area (Å²) in [6.07, 6.45) is 10.2. The molecular formula is C12H13ClIN3. The van der Waals surface area contributed by atoms with Crippen LogP contribution in [-0.4, -0.2) is 14.4 Å². The molecule has 17 heavy (non-hydrogen) atoms. The van der Waals surface area contributed by atoms with Crippen LogP contribution < -0.4 is 0 Å². The van der Waals surface area contributed by atoms with E-state index in [1.807, 2.05) is 6.20 Å². The van der Waals surface area contributed by atoms with Gasteiger partial charge in [0.25, 0.3) is 0 Å². The highest BCUT2D eigenvalue weighted by atomic mass is 127. The SMILES string of the molecule is Clc1nccn2c(C3CCCCC3)nc(I)c12. The Morgan fingerprint density at radius 1 is 1.29 bits per heavy atom. The zero-order valence-electron chi connectivity index (χ0n) is 9.37. The Morgan fingerprint density at radius 2 is 2.06 bits per heavy atom. The van der Waals surface area contributed by atoms with Crippen LogP contribution in [0.15, 0.2) is 12.4 Å². The molecule has 1 fully saturated rings. The van der Waals surface area contributed by atoms with Crippen molar-refractivity contribution < 1.29 is 0 Å². The fourth-order valence-electron chi connectivity index (χ4n) is 2.63. The van der Waals surface area contributed by atoms with Crippen LogP contribution in [0.3, 0.4) is 0 Å². The highest BCUT2D eigenvalue weighted by Gasteiger charge is 2.22. The maximum atomic E-state index is 6.14. The molecule has 0 aromatic carbocycles. The van der Waals surface area contributed by atoms with Crippen LogP contribution in [0.25, 0.3) is 5.52 Å². The molecule has 3 nitrogen and oxygen atoms in total. The summed E-state index contributed by atoms with van der Waals surface area (Å²) in [6, 6.07) is 0. The van der Waals surface area contributed by atoms with Gasteiger partial charge in [-0.05, 0) is 35.4 Å². The van der Waals surface area contributed by atoms with Crippen molar-refractivity contribution in [1.29, 1.82) is 0 Å². The summed E-state index contributed by atoms with van der Waals surface area (Å²) in [4.78, 5) is 8.83. The lowest BCUT2D eigenvalue weighted by Crippen LogP contribution is -2.08. The van der Waals surface area contributed by atoms with E-state index >= 15 is 0 Å². The van der Waals surface area contributed by atoms with Crippen LogP contribution in [0.4, 0.5) is 0 Å². The number of imidazole rings is 1. The Labute approximate surface area is 119 Å². The van der Waals surface area contributed by atoms with Gasteiger partial charge in [0.1, 0.15) is 15.0 Å². The zero-order valence-corrected chi connectivity index (χ0v) is 12.3.